The van der Waals surface area contributed by atoms with Gasteiger partial charge in [-0.15, -0.1) is 0 Å². The van der Waals surface area contributed by atoms with E-state index in [2.05, 4.69) is 33.1 Å². The Kier molecular flexibility index (Phi) is 3.01. The Morgan fingerprint density at radius 1 is 1.29 bits per heavy atom. The fraction of sp³-hybridized carbons (Fsp3) is 0.833. The van der Waals surface area contributed by atoms with E-state index in [1.165, 1.54) is 0 Å². The van der Waals surface area contributed by atoms with Crippen molar-refractivity contribution in [1.29, 1.82) is 0 Å². The Morgan fingerprint density at radius 3 is 1.71 bits per heavy atom. The van der Waals surface area contributed by atoms with Gasteiger partial charge < -0.3 is 5.32 Å². The van der Waals surface area contributed by atoms with Gasteiger partial charge in [0.05, 0.1) is 0 Å². The van der Waals surface area contributed by atoms with Crippen LogP contribution in [-0.4, -0.2) is 6.04 Å². The molecule has 7 heavy (non-hydrogen) atoms. The van der Waals surface area contributed by atoms with E-state index >= 15 is 0 Å². The molecule has 0 heterocycles. The molecule has 1 heteroatoms. The molecule has 0 saturated carbocycles. The largest absolute Gasteiger partial charge is 0.313 e. The molecule has 0 saturated heterocycles. The van der Waals surface area contributed by atoms with Gasteiger partial charge in [0.2, 0.25) is 0 Å². The van der Waals surface area contributed by atoms with Crippen LogP contribution in [0, 0.1) is 13.0 Å². The predicted octanol–water partition coefficient (Wildman–Crippen LogP) is 1.41. The zero-order valence-electron chi connectivity index (χ0n) is 5.36. The molecule has 1 unspecified atom stereocenters. The summed E-state index contributed by atoms with van der Waals surface area (Å²) in [5.74, 6) is 0.692. The number of nitrogens with one attached hydrogen (secondary N) is 1. The van der Waals surface area contributed by atoms with E-state index < -0.39 is 0 Å². The second-order valence-electron chi connectivity index (χ2n) is 2.24. The molecule has 0 spiro atoms. The van der Waals surface area contributed by atoms with Crippen molar-refractivity contribution >= 4 is 0 Å². The van der Waals surface area contributed by atoms with Gasteiger partial charge in [-0.3, -0.25) is 0 Å². The highest BCUT2D eigenvalue weighted by Gasteiger charge is 2.00. The van der Waals surface area contributed by atoms with Crippen LogP contribution in [0.5, 0.6) is 0 Å². The third-order valence-electron chi connectivity index (χ3n) is 1.32. The molecule has 0 aromatic heterocycles. The number of rotatable bonds is 2. The van der Waals surface area contributed by atoms with Crippen LogP contribution in [0.25, 0.3) is 0 Å². The van der Waals surface area contributed by atoms with Crippen molar-refractivity contribution in [2.45, 2.75) is 26.8 Å². The van der Waals surface area contributed by atoms with E-state index in [0.29, 0.717) is 12.0 Å². The molecule has 0 amide bonds. The van der Waals surface area contributed by atoms with Crippen LogP contribution in [0.1, 0.15) is 20.8 Å². The summed E-state index contributed by atoms with van der Waals surface area (Å²) in [5, 5.41) is 2.91. The molecule has 0 fully saturated rings. The highest BCUT2D eigenvalue weighted by molar-refractivity contribution is 4.61. The van der Waals surface area contributed by atoms with Gasteiger partial charge in [-0.25, -0.2) is 0 Å². The Bertz CT molecular complexity index is 41.4. The molecule has 0 bridgehead atoms. The van der Waals surface area contributed by atoms with Crippen molar-refractivity contribution in [2.24, 2.45) is 5.92 Å². The van der Waals surface area contributed by atoms with Crippen LogP contribution < -0.4 is 5.32 Å². The van der Waals surface area contributed by atoms with Gasteiger partial charge in [-0.1, -0.05) is 13.8 Å². The smallest absolute Gasteiger partial charge is 0.00794 e. The minimum Gasteiger partial charge on any atom is -0.313 e. The maximum atomic E-state index is 3.56. The first-order chi connectivity index (χ1) is 3.18. The van der Waals surface area contributed by atoms with Crippen molar-refractivity contribution in [3.05, 3.63) is 7.05 Å². The summed E-state index contributed by atoms with van der Waals surface area (Å²) < 4.78 is 0. The lowest BCUT2D eigenvalue weighted by molar-refractivity contribution is 0.472. The van der Waals surface area contributed by atoms with Gasteiger partial charge in [-0.2, -0.15) is 0 Å². The summed E-state index contributed by atoms with van der Waals surface area (Å²) in [6.07, 6.45) is 0. The van der Waals surface area contributed by atoms with Gasteiger partial charge in [-0.05, 0) is 12.8 Å². The van der Waals surface area contributed by atoms with E-state index in [-0.39, 0.29) is 0 Å². The second-order valence-corrected chi connectivity index (χ2v) is 2.24. The minimum atomic E-state index is 0.542. The molecule has 0 aromatic rings. The van der Waals surface area contributed by atoms with E-state index in [9.17, 15) is 0 Å². The Labute approximate surface area is 46.1 Å². The summed E-state index contributed by atoms with van der Waals surface area (Å²) in [5.41, 5.74) is 0. The van der Waals surface area contributed by atoms with Crippen molar-refractivity contribution in [3.8, 4) is 0 Å². The molecule has 1 nitrogen and oxygen atoms in total. The first-order valence-electron chi connectivity index (χ1n) is 2.71. The van der Waals surface area contributed by atoms with Gasteiger partial charge >= 0.3 is 0 Å². The number of hydrogen-bond acceptors (Lipinski definition) is 1. The van der Waals surface area contributed by atoms with Crippen LogP contribution in [0.3, 0.4) is 0 Å². The van der Waals surface area contributed by atoms with Crippen molar-refractivity contribution in [1.82, 2.24) is 5.32 Å². The molecule has 0 aliphatic rings. The van der Waals surface area contributed by atoms with Gasteiger partial charge in [0.15, 0.2) is 0 Å². The summed E-state index contributed by atoms with van der Waals surface area (Å²) >= 11 is 0. The molecule has 1 atom stereocenters. The monoisotopic (exact) mass is 100 g/mol. The van der Waals surface area contributed by atoms with Crippen molar-refractivity contribution < 1.29 is 0 Å². The number of hydrogen-bond donors (Lipinski definition) is 1. The van der Waals surface area contributed by atoms with Gasteiger partial charge in [0.1, 0.15) is 0 Å². The van der Waals surface area contributed by atoms with Gasteiger partial charge in [0.25, 0.3) is 0 Å². The van der Waals surface area contributed by atoms with Crippen molar-refractivity contribution in [2.75, 3.05) is 0 Å². The van der Waals surface area contributed by atoms with Crippen molar-refractivity contribution in [3.63, 3.8) is 0 Å². The summed E-state index contributed by atoms with van der Waals surface area (Å²) in [6.45, 7) is 6.46. The lowest BCUT2D eigenvalue weighted by Gasteiger charge is -2.12. The van der Waals surface area contributed by atoms with Gasteiger partial charge in [0, 0.05) is 13.1 Å². The summed E-state index contributed by atoms with van der Waals surface area (Å²) in [7, 11) is 3.56. The minimum absolute atomic E-state index is 0.542. The summed E-state index contributed by atoms with van der Waals surface area (Å²) in [4.78, 5) is 0. The summed E-state index contributed by atoms with van der Waals surface area (Å²) in [6, 6.07) is 0.542. The normalized spacial score (nSPS) is 15.0. The van der Waals surface area contributed by atoms with E-state index in [4.69, 9.17) is 0 Å². The molecule has 0 rings (SSSR count). The average Bonchev–Trinajstić information content (AvgIpc) is 1.65. The fourth-order valence-corrected chi connectivity index (χ4v) is 0.236. The zero-order chi connectivity index (χ0) is 5.86. The first kappa shape index (κ1) is 6.96. The molecule has 1 radical (unpaired) electrons. The third kappa shape index (κ3) is 2.63. The maximum absolute atomic E-state index is 3.56. The Morgan fingerprint density at radius 2 is 1.71 bits per heavy atom. The van der Waals surface area contributed by atoms with E-state index in [1.54, 1.807) is 0 Å². The lowest BCUT2D eigenvalue weighted by Crippen LogP contribution is -2.24. The van der Waals surface area contributed by atoms with Crippen LogP contribution in [0.15, 0.2) is 0 Å². The fourth-order valence-electron chi connectivity index (χ4n) is 0.236. The highest BCUT2D eigenvalue weighted by atomic mass is 14.9. The van der Waals surface area contributed by atoms with E-state index in [0.717, 1.165) is 0 Å². The molecule has 43 valence electrons. The van der Waals surface area contributed by atoms with E-state index in [1.807, 2.05) is 0 Å². The maximum Gasteiger partial charge on any atom is 0.00794 e. The van der Waals surface area contributed by atoms with Crippen LogP contribution in [0.2, 0.25) is 0 Å². The third-order valence-corrected chi connectivity index (χ3v) is 1.32. The quantitative estimate of drug-likeness (QED) is 0.553. The Hall–Kier alpha value is -0.0400. The lowest BCUT2D eigenvalue weighted by atomic mass is 10.1. The zero-order valence-corrected chi connectivity index (χ0v) is 5.36. The van der Waals surface area contributed by atoms with Crippen LogP contribution in [-0.2, 0) is 0 Å². The first-order valence-corrected chi connectivity index (χ1v) is 2.71. The standard InChI is InChI=1S/C6H14N/c1-5(2)6(3)7-4/h5-7H,4H2,1-3H3. The van der Waals surface area contributed by atoms with Crippen LogP contribution in [0.4, 0.5) is 0 Å². The molecular weight excluding hydrogens is 86.1 g/mol. The molecule has 1 N–H and O–H groups in total. The SMILES string of the molecule is [CH2]NC(C)C(C)C. The highest BCUT2D eigenvalue weighted by Crippen LogP contribution is 1.97. The molecule has 0 aromatic carbocycles. The topological polar surface area (TPSA) is 12.0 Å². The second kappa shape index (κ2) is 3.03. The average molecular weight is 100 g/mol. The predicted molar refractivity (Wildman–Crippen MR) is 32.8 cm³/mol. The molecular formula is C6H14N. The Balaban J connectivity index is 3.14. The van der Waals surface area contributed by atoms with Crippen LogP contribution >= 0.6 is 0 Å². The molecule has 0 aliphatic carbocycles. The molecule has 0 aliphatic heterocycles.